The van der Waals surface area contributed by atoms with Crippen LogP contribution in [0.25, 0.3) is 0 Å². The van der Waals surface area contributed by atoms with Gasteiger partial charge in [-0.25, -0.2) is 0 Å². The van der Waals surface area contributed by atoms with Crippen LogP contribution in [0.4, 0.5) is 0 Å². The Hall–Kier alpha value is -1.18. The van der Waals surface area contributed by atoms with E-state index in [2.05, 4.69) is 31.8 Å². The van der Waals surface area contributed by atoms with Gasteiger partial charge in [0.2, 0.25) is 0 Å². The molecule has 0 bridgehead atoms. The first kappa shape index (κ1) is 13.3. The van der Waals surface area contributed by atoms with Crippen molar-refractivity contribution < 1.29 is 4.79 Å². The molecule has 2 atom stereocenters. The summed E-state index contributed by atoms with van der Waals surface area (Å²) in [6.07, 6.45) is 5.70. The second-order valence-corrected chi connectivity index (χ2v) is 6.39. The van der Waals surface area contributed by atoms with Crippen molar-refractivity contribution in [1.29, 1.82) is 0 Å². The van der Waals surface area contributed by atoms with E-state index in [1.54, 1.807) is 0 Å². The number of pyridine rings is 1. The van der Waals surface area contributed by atoms with Gasteiger partial charge in [-0.2, -0.15) is 0 Å². The van der Waals surface area contributed by atoms with E-state index in [4.69, 9.17) is 0 Å². The quantitative estimate of drug-likeness (QED) is 0.813. The largest absolute Gasteiger partial charge is 0.299 e. The fourth-order valence-corrected chi connectivity index (χ4v) is 3.12. The molecule has 0 aliphatic heterocycles. The third-order valence-electron chi connectivity index (χ3n) is 4.19. The minimum Gasteiger partial charge on any atom is -0.299 e. The lowest BCUT2D eigenvalue weighted by Crippen LogP contribution is -2.37. The summed E-state index contributed by atoms with van der Waals surface area (Å²) < 4.78 is 0. The molecule has 2 rings (SSSR count). The number of ketones is 1. The molecule has 18 heavy (non-hydrogen) atoms. The zero-order valence-corrected chi connectivity index (χ0v) is 11.6. The van der Waals surface area contributed by atoms with E-state index in [1.807, 2.05) is 18.3 Å². The molecule has 2 heteroatoms. The first-order valence-electron chi connectivity index (χ1n) is 6.91. The van der Waals surface area contributed by atoms with E-state index >= 15 is 0 Å². The molecule has 0 spiro atoms. The van der Waals surface area contributed by atoms with Crippen LogP contribution in [0, 0.1) is 17.3 Å². The lowest BCUT2D eigenvalue weighted by molar-refractivity contribution is -0.129. The van der Waals surface area contributed by atoms with Crippen LogP contribution in [0.2, 0.25) is 0 Å². The Kier molecular flexibility index (Phi) is 3.84. The second-order valence-electron chi connectivity index (χ2n) is 6.39. The third-order valence-corrected chi connectivity index (χ3v) is 4.19. The van der Waals surface area contributed by atoms with Crippen molar-refractivity contribution in [3.63, 3.8) is 0 Å². The van der Waals surface area contributed by atoms with Gasteiger partial charge in [-0.1, -0.05) is 26.8 Å². The first-order chi connectivity index (χ1) is 8.49. The summed E-state index contributed by atoms with van der Waals surface area (Å²) >= 11 is 0. The molecule has 98 valence electrons. The van der Waals surface area contributed by atoms with E-state index < -0.39 is 0 Å². The van der Waals surface area contributed by atoms with Crippen LogP contribution in [0.15, 0.2) is 24.4 Å². The average Bonchev–Trinajstić information content (AvgIpc) is 2.29. The summed E-state index contributed by atoms with van der Waals surface area (Å²) in [5.74, 6) is 1.23. The lowest BCUT2D eigenvalue weighted by Gasteiger charge is -2.37. The maximum atomic E-state index is 12.2. The zero-order valence-electron chi connectivity index (χ0n) is 11.6. The van der Waals surface area contributed by atoms with Crippen LogP contribution in [0.5, 0.6) is 0 Å². The summed E-state index contributed by atoms with van der Waals surface area (Å²) in [5, 5.41) is 0. The molecule has 0 amide bonds. The number of rotatable bonds is 3. The van der Waals surface area contributed by atoms with Crippen LogP contribution >= 0.6 is 0 Å². The van der Waals surface area contributed by atoms with E-state index in [-0.39, 0.29) is 11.3 Å². The molecule has 1 fully saturated rings. The number of hydrogen-bond donors (Lipinski definition) is 0. The number of hydrogen-bond acceptors (Lipinski definition) is 2. The number of Topliss-reactive ketones (excluding diaryl/α,β-unsaturated/α-hetero) is 1. The van der Waals surface area contributed by atoms with Crippen LogP contribution in [-0.2, 0) is 11.2 Å². The zero-order chi connectivity index (χ0) is 13.2. The van der Waals surface area contributed by atoms with E-state index in [1.165, 1.54) is 6.42 Å². The minimum atomic E-state index is 0.0194. The number of carbonyl (C=O) groups is 1. The number of carbonyl (C=O) groups excluding carboxylic acids is 1. The van der Waals surface area contributed by atoms with Gasteiger partial charge in [0.05, 0.1) is 0 Å². The van der Waals surface area contributed by atoms with Crippen LogP contribution < -0.4 is 0 Å². The van der Waals surface area contributed by atoms with Gasteiger partial charge in [0.15, 0.2) is 0 Å². The Bertz CT molecular complexity index is 410. The van der Waals surface area contributed by atoms with Gasteiger partial charge in [0.25, 0.3) is 0 Å². The van der Waals surface area contributed by atoms with Gasteiger partial charge < -0.3 is 0 Å². The smallest absolute Gasteiger partial charge is 0.136 e. The maximum Gasteiger partial charge on any atom is 0.136 e. The Balaban J connectivity index is 2.08. The fraction of sp³-hybridized carbons (Fsp3) is 0.625. The van der Waals surface area contributed by atoms with Gasteiger partial charge in [-0.15, -0.1) is 0 Å². The van der Waals surface area contributed by atoms with Crippen molar-refractivity contribution >= 4 is 5.78 Å². The van der Waals surface area contributed by atoms with Crippen molar-refractivity contribution in [3.05, 3.63) is 30.1 Å². The van der Waals surface area contributed by atoms with Gasteiger partial charge in [-0.3, -0.25) is 9.78 Å². The molecule has 1 aliphatic carbocycles. The van der Waals surface area contributed by atoms with Crippen LogP contribution in [-0.4, -0.2) is 10.8 Å². The topological polar surface area (TPSA) is 30.0 Å². The molecule has 1 heterocycles. The van der Waals surface area contributed by atoms with Crippen molar-refractivity contribution in [2.75, 3.05) is 0 Å². The highest BCUT2D eigenvalue weighted by molar-refractivity contribution is 5.82. The van der Waals surface area contributed by atoms with Crippen molar-refractivity contribution in [2.24, 2.45) is 17.3 Å². The second kappa shape index (κ2) is 5.21. The highest BCUT2D eigenvalue weighted by atomic mass is 16.1. The predicted octanol–water partition coefficient (Wildman–Crippen LogP) is 3.66. The Morgan fingerprint density at radius 2 is 2.11 bits per heavy atom. The fourth-order valence-electron chi connectivity index (χ4n) is 3.12. The molecule has 1 saturated carbocycles. The van der Waals surface area contributed by atoms with E-state index in [0.717, 1.165) is 25.0 Å². The monoisotopic (exact) mass is 245 g/mol. The Morgan fingerprint density at radius 3 is 2.72 bits per heavy atom. The first-order valence-corrected chi connectivity index (χ1v) is 6.91. The van der Waals surface area contributed by atoms with Crippen molar-refractivity contribution in [3.8, 4) is 0 Å². The SMILES string of the molecule is CC1CCC(C(C)(C)Cc2ccccn2)C(=O)C1. The van der Waals surface area contributed by atoms with Gasteiger partial charge >= 0.3 is 0 Å². The molecule has 0 aromatic carbocycles. The highest BCUT2D eigenvalue weighted by Gasteiger charge is 2.38. The Labute approximate surface area is 110 Å². The van der Waals surface area contributed by atoms with Gasteiger partial charge in [0, 0.05) is 24.2 Å². The molecule has 1 aromatic rings. The standard InChI is InChI=1S/C16H23NO/c1-12-7-8-14(15(18)10-12)16(2,3)11-13-6-4-5-9-17-13/h4-6,9,12,14H,7-8,10-11H2,1-3H3. The minimum absolute atomic E-state index is 0.0194. The molecule has 1 aromatic heterocycles. The molecular formula is C16H23NO. The average molecular weight is 245 g/mol. The summed E-state index contributed by atoms with van der Waals surface area (Å²) in [6, 6.07) is 6.00. The molecule has 0 saturated heterocycles. The molecule has 2 nitrogen and oxygen atoms in total. The number of nitrogens with zero attached hydrogens (tertiary/aromatic N) is 1. The maximum absolute atomic E-state index is 12.2. The van der Waals surface area contributed by atoms with Crippen LogP contribution in [0.1, 0.15) is 45.7 Å². The molecular weight excluding hydrogens is 222 g/mol. The molecule has 0 N–H and O–H groups in total. The third kappa shape index (κ3) is 2.98. The van der Waals surface area contributed by atoms with Gasteiger partial charge in [0.1, 0.15) is 5.78 Å². The highest BCUT2D eigenvalue weighted by Crippen LogP contribution is 2.39. The lowest BCUT2D eigenvalue weighted by atomic mass is 9.66. The van der Waals surface area contributed by atoms with E-state index in [0.29, 0.717) is 11.7 Å². The van der Waals surface area contributed by atoms with E-state index in [9.17, 15) is 4.79 Å². The van der Waals surface area contributed by atoms with Crippen molar-refractivity contribution in [2.45, 2.75) is 46.5 Å². The normalized spacial score (nSPS) is 25.2. The summed E-state index contributed by atoms with van der Waals surface area (Å²) in [6.45, 7) is 6.60. The summed E-state index contributed by atoms with van der Waals surface area (Å²) in [4.78, 5) is 16.6. The van der Waals surface area contributed by atoms with Gasteiger partial charge in [-0.05, 0) is 42.7 Å². The van der Waals surface area contributed by atoms with Crippen molar-refractivity contribution in [1.82, 2.24) is 4.98 Å². The summed E-state index contributed by atoms with van der Waals surface area (Å²) in [7, 11) is 0. The predicted molar refractivity (Wildman–Crippen MR) is 73.2 cm³/mol. The Morgan fingerprint density at radius 1 is 1.33 bits per heavy atom. The molecule has 2 unspecified atom stereocenters. The molecule has 1 aliphatic rings. The van der Waals surface area contributed by atoms with Crippen LogP contribution in [0.3, 0.4) is 0 Å². The summed E-state index contributed by atoms with van der Waals surface area (Å²) in [5.41, 5.74) is 1.11. The molecule has 0 radical (unpaired) electrons. The number of aromatic nitrogens is 1.